The summed E-state index contributed by atoms with van der Waals surface area (Å²) in [6, 6.07) is 8.51. The summed E-state index contributed by atoms with van der Waals surface area (Å²) in [6.07, 6.45) is 3.35. The van der Waals surface area contributed by atoms with Gasteiger partial charge >= 0.3 is 0 Å². The fraction of sp³-hybridized carbons (Fsp3) is 0.625. The number of hydrogen-bond acceptors (Lipinski definition) is 3. The summed E-state index contributed by atoms with van der Waals surface area (Å²) in [7, 11) is 0. The zero-order chi connectivity index (χ0) is 13.9. The molecule has 0 amide bonds. The van der Waals surface area contributed by atoms with Crippen molar-refractivity contribution >= 4 is 5.69 Å². The molecule has 0 bridgehead atoms. The zero-order valence-electron chi connectivity index (χ0n) is 12.4. The van der Waals surface area contributed by atoms with Crippen molar-refractivity contribution in [3.63, 3.8) is 0 Å². The Bertz CT molecular complexity index is 341. The molecule has 19 heavy (non-hydrogen) atoms. The minimum Gasteiger partial charge on any atom is -0.380 e. The SMILES string of the molecule is CCCCOCCN(CCCN)c1ccccc1C. The lowest BCUT2D eigenvalue weighted by molar-refractivity contribution is 0.137. The molecule has 0 saturated carbocycles. The summed E-state index contributed by atoms with van der Waals surface area (Å²) in [4.78, 5) is 2.38. The van der Waals surface area contributed by atoms with Crippen LogP contribution in [0, 0.1) is 6.92 Å². The number of ether oxygens (including phenoxy) is 1. The number of nitrogens with zero attached hydrogens (tertiary/aromatic N) is 1. The predicted molar refractivity (Wildman–Crippen MR) is 82.8 cm³/mol. The van der Waals surface area contributed by atoms with Gasteiger partial charge in [-0.1, -0.05) is 31.5 Å². The molecule has 0 aromatic heterocycles. The molecule has 108 valence electrons. The first-order chi connectivity index (χ1) is 9.29. The topological polar surface area (TPSA) is 38.5 Å². The third-order valence-corrected chi connectivity index (χ3v) is 3.24. The zero-order valence-corrected chi connectivity index (χ0v) is 12.4. The quantitative estimate of drug-likeness (QED) is 0.660. The highest BCUT2D eigenvalue weighted by atomic mass is 16.5. The van der Waals surface area contributed by atoms with Gasteiger partial charge in [0.15, 0.2) is 0 Å². The molecule has 0 atom stereocenters. The van der Waals surface area contributed by atoms with E-state index in [4.69, 9.17) is 10.5 Å². The van der Waals surface area contributed by atoms with Gasteiger partial charge in [0.1, 0.15) is 0 Å². The number of anilines is 1. The Balaban J connectivity index is 2.49. The van der Waals surface area contributed by atoms with Crippen molar-refractivity contribution in [2.75, 3.05) is 37.7 Å². The Labute approximate surface area is 117 Å². The molecule has 0 saturated heterocycles. The highest BCUT2D eigenvalue weighted by Gasteiger charge is 2.08. The molecule has 0 spiro atoms. The molecule has 3 nitrogen and oxygen atoms in total. The van der Waals surface area contributed by atoms with Crippen molar-refractivity contribution in [3.8, 4) is 0 Å². The summed E-state index contributed by atoms with van der Waals surface area (Å²) in [6.45, 7) is 8.67. The molecule has 0 aliphatic heterocycles. The van der Waals surface area contributed by atoms with Crippen LogP contribution in [0.15, 0.2) is 24.3 Å². The Morgan fingerprint density at radius 2 is 1.89 bits per heavy atom. The van der Waals surface area contributed by atoms with Crippen LogP contribution in [0.4, 0.5) is 5.69 Å². The van der Waals surface area contributed by atoms with E-state index >= 15 is 0 Å². The van der Waals surface area contributed by atoms with E-state index in [0.29, 0.717) is 0 Å². The van der Waals surface area contributed by atoms with E-state index in [1.807, 2.05) is 0 Å². The van der Waals surface area contributed by atoms with Crippen LogP contribution in [-0.2, 0) is 4.74 Å². The molecule has 2 N–H and O–H groups in total. The van der Waals surface area contributed by atoms with Gasteiger partial charge in [0.25, 0.3) is 0 Å². The molecule has 3 heteroatoms. The van der Waals surface area contributed by atoms with E-state index < -0.39 is 0 Å². The number of benzene rings is 1. The standard InChI is InChI=1S/C16H28N2O/c1-3-4-13-19-14-12-18(11-7-10-17)16-9-6-5-8-15(16)2/h5-6,8-9H,3-4,7,10-14,17H2,1-2H3. The molecular formula is C16H28N2O. The first-order valence-corrected chi connectivity index (χ1v) is 7.38. The highest BCUT2D eigenvalue weighted by molar-refractivity contribution is 5.52. The highest BCUT2D eigenvalue weighted by Crippen LogP contribution is 2.19. The Morgan fingerprint density at radius 1 is 1.11 bits per heavy atom. The maximum Gasteiger partial charge on any atom is 0.0641 e. The maximum atomic E-state index is 5.67. The first kappa shape index (κ1) is 16.0. The Kier molecular flexibility index (Phi) is 8.26. The number of unbranched alkanes of at least 4 members (excludes halogenated alkanes) is 1. The number of nitrogens with two attached hydrogens (primary N) is 1. The van der Waals surface area contributed by atoms with E-state index in [9.17, 15) is 0 Å². The van der Waals surface area contributed by atoms with Crippen LogP contribution >= 0.6 is 0 Å². The summed E-state index contributed by atoms with van der Waals surface area (Å²) < 4.78 is 5.67. The van der Waals surface area contributed by atoms with Crippen LogP contribution in [0.3, 0.4) is 0 Å². The summed E-state index contributed by atoms with van der Waals surface area (Å²) in [5, 5.41) is 0. The fourth-order valence-corrected chi connectivity index (χ4v) is 2.08. The van der Waals surface area contributed by atoms with Crippen molar-refractivity contribution in [2.45, 2.75) is 33.1 Å². The van der Waals surface area contributed by atoms with Crippen molar-refractivity contribution < 1.29 is 4.74 Å². The monoisotopic (exact) mass is 264 g/mol. The van der Waals surface area contributed by atoms with Gasteiger partial charge in [0.05, 0.1) is 6.61 Å². The minimum absolute atomic E-state index is 0.735. The first-order valence-electron chi connectivity index (χ1n) is 7.38. The lowest BCUT2D eigenvalue weighted by Gasteiger charge is -2.26. The molecule has 0 fully saturated rings. The summed E-state index contributed by atoms with van der Waals surface area (Å²) in [5.74, 6) is 0. The molecular weight excluding hydrogens is 236 g/mol. The number of rotatable bonds is 10. The van der Waals surface area contributed by atoms with Crippen LogP contribution in [0.25, 0.3) is 0 Å². The van der Waals surface area contributed by atoms with E-state index in [2.05, 4.69) is 43.0 Å². The Morgan fingerprint density at radius 3 is 2.58 bits per heavy atom. The van der Waals surface area contributed by atoms with Crippen LogP contribution in [0.2, 0.25) is 0 Å². The van der Waals surface area contributed by atoms with Gasteiger partial charge in [-0.15, -0.1) is 0 Å². The molecule has 1 rings (SSSR count). The van der Waals surface area contributed by atoms with Crippen molar-refractivity contribution in [2.24, 2.45) is 5.73 Å². The fourth-order valence-electron chi connectivity index (χ4n) is 2.08. The number of hydrogen-bond donors (Lipinski definition) is 1. The van der Waals surface area contributed by atoms with Gasteiger partial charge in [0.2, 0.25) is 0 Å². The van der Waals surface area contributed by atoms with Crippen molar-refractivity contribution in [1.82, 2.24) is 0 Å². The lowest BCUT2D eigenvalue weighted by atomic mass is 10.1. The molecule has 0 aliphatic carbocycles. The van der Waals surface area contributed by atoms with E-state index in [1.165, 1.54) is 17.7 Å². The minimum atomic E-state index is 0.735. The molecule has 1 aromatic carbocycles. The van der Waals surface area contributed by atoms with Crippen LogP contribution < -0.4 is 10.6 Å². The van der Waals surface area contributed by atoms with Gasteiger partial charge in [-0.2, -0.15) is 0 Å². The molecule has 1 aromatic rings. The summed E-state index contributed by atoms with van der Waals surface area (Å²) >= 11 is 0. The second-order valence-electron chi connectivity index (χ2n) is 4.88. The molecule has 0 heterocycles. The van der Waals surface area contributed by atoms with Gasteiger partial charge in [-0.3, -0.25) is 0 Å². The third kappa shape index (κ3) is 6.08. The third-order valence-electron chi connectivity index (χ3n) is 3.24. The Hall–Kier alpha value is -1.06. The van der Waals surface area contributed by atoms with Crippen molar-refractivity contribution in [1.29, 1.82) is 0 Å². The van der Waals surface area contributed by atoms with Gasteiger partial charge in [-0.25, -0.2) is 0 Å². The van der Waals surface area contributed by atoms with E-state index in [-0.39, 0.29) is 0 Å². The molecule has 0 aliphatic rings. The number of aryl methyl sites for hydroxylation is 1. The van der Waals surface area contributed by atoms with E-state index in [1.54, 1.807) is 0 Å². The average Bonchev–Trinajstić information content (AvgIpc) is 2.43. The largest absolute Gasteiger partial charge is 0.380 e. The smallest absolute Gasteiger partial charge is 0.0641 e. The van der Waals surface area contributed by atoms with Gasteiger partial charge in [-0.05, 0) is 37.9 Å². The second-order valence-corrected chi connectivity index (χ2v) is 4.88. The average molecular weight is 264 g/mol. The number of para-hydroxylation sites is 1. The van der Waals surface area contributed by atoms with Crippen LogP contribution in [-0.4, -0.2) is 32.8 Å². The summed E-state index contributed by atoms with van der Waals surface area (Å²) in [5.41, 5.74) is 8.24. The molecule has 0 unspecified atom stereocenters. The second kappa shape index (κ2) is 9.82. The maximum absolute atomic E-state index is 5.67. The van der Waals surface area contributed by atoms with Crippen LogP contribution in [0.5, 0.6) is 0 Å². The van der Waals surface area contributed by atoms with Gasteiger partial charge < -0.3 is 15.4 Å². The predicted octanol–water partition coefficient (Wildman–Crippen LogP) is 2.97. The lowest BCUT2D eigenvalue weighted by Crippen LogP contribution is -2.30. The van der Waals surface area contributed by atoms with Crippen molar-refractivity contribution in [3.05, 3.63) is 29.8 Å². The molecule has 0 radical (unpaired) electrons. The van der Waals surface area contributed by atoms with E-state index in [0.717, 1.165) is 45.7 Å². The van der Waals surface area contributed by atoms with Crippen LogP contribution in [0.1, 0.15) is 31.7 Å². The normalized spacial score (nSPS) is 10.7. The van der Waals surface area contributed by atoms with Gasteiger partial charge in [0, 0.05) is 25.4 Å².